The van der Waals surface area contributed by atoms with Gasteiger partial charge in [-0.1, -0.05) is 6.92 Å². The molecule has 0 saturated heterocycles. The summed E-state index contributed by atoms with van der Waals surface area (Å²) in [6.07, 6.45) is 3.11. The fourth-order valence-electron chi connectivity index (χ4n) is 1.40. The zero-order valence-corrected chi connectivity index (χ0v) is 9.89. The second-order valence-corrected chi connectivity index (χ2v) is 4.06. The maximum atomic E-state index is 11.6. The highest BCUT2D eigenvalue weighted by Gasteiger charge is 2.11. The third-order valence-electron chi connectivity index (χ3n) is 2.47. The van der Waals surface area contributed by atoms with E-state index in [9.17, 15) is 9.90 Å². The molecular formula is C12H18N2O3. The molecular weight excluding hydrogens is 220 g/mol. The minimum absolute atomic E-state index is 0.0442. The summed E-state index contributed by atoms with van der Waals surface area (Å²) in [6.45, 7) is 2.63. The van der Waals surface area contributed by atoms with Crippen LogP contribution in [0.3, 0.4) is 0 Å². The van der Waals surface area contributed by atoms with Crippen molar-refractivity contribution in [2.45, 2.75) is 19.8 Å². The van der Waals surface area contributed by atoms with E-state index in [2.05, 4.69) is 10.3 Å². The Kier molecular flexibility index (Phi) is 5.42. The molecule has 1 aromatic heterocycles. The number of rotatable bonds is 6. The number of aliphatic hydroxyl groups excluding tert-OH is 1. The molecule has 1 aromatic rings. The minimum Gasteiger partial charge on any atom is -0.505 e. The monoisotopic (exact) mass is 238 g/mol. The van der Waals surface area contributed by atoms with Crippen LogP contribution in [-0.4, -0.2) is 34.3 Å². The number of hydrogen-bond acceptors (Lipinski definition) is 4. The summed E-state index contributed by atoms with van der Waals surface area (Å²) in [5.74, 6) is -0.247. The number of nitrogens with one attached hydrogen (secondary N) is 1. The first-order valence-corrected chi connectivity index (χ1v) is 5.68. The number of amides is 1. The molecule has 0 aliphatic carbocycles. The van der Waals surface area contributed by atoms with E-state index in [4.69, 9.17) is 5.11 Å². The minimum atomic E-state index is -0.375. The van der Waals surface area contributed by atoms with Gasteiger partial charge in [0.1, 0.15) is 5.75 Å². The average Bonchev–Trinajstić information content (AvgIpc) is 2.34. The lowest BCUT2D eigenvalue weighted by Crippen LogP contribution is -2.25. The normalized spacial score (nSPS) is 12.1. The van der Waals surface area contributed by atoms with Gasteiger partial charge in [0.2, 0.25) is 0 Å². The highest BCUT2D eigenvalue weighted by molar-refractivity contribution is 5.94. The SMILES string of the molecule is CC(CO)CCCNC(=O)c1ncccc1O. The second-order valence-electron chi connectivity index (χ2n) is 4.06. The number of carbonyl (C=O) groups excluding carboxylic acids is 1. The van der Waals surface area contributed by atoms with E-state index < -0.39 is 0 Å². The molecule has 0 aliphatic rings. The van der Waals surface area contributed by atoms with E-state index in [0.717, 1.165) is 12.8 Å². The van der Waals surface area contributed by atoms with Gasteiger partial charge in [0.25, 0.3) is 5.91 Å². The third-order valence-corrected chi connectivity index (χ3v) is 2.47. The Morgan fingerprint density at radius 1 is 1.59 bits per heavy atom. The lowest BCUT2D eigenvalue weighted by Gasteiger charge is -2.08. The Labute approximate surface area is 101 Å². The van der Waals surface area contributed by atoms with E-state index >= 15 is 0 Å². The van der Waals surface area contributed by atoms with Gasteiger partial charge in [0, 0.05) is 19.3 Å². The van der Waals surface area contributed by atoms with E-state index in [1.54, 1.807) is 6.07 Å². The summed E-state index contributed by atoms with van der Waals surface area (Å²) in [7, 11) is 0. The van der Waals surface area contributed by atoms with Crippen LogP contribution >= 0.6 is 0 Å². The van der Waals surface area contributed by atoms with Gasteiger partial charge in [0.15, 0.2) is 5.69 Å². The van der Waals surface area contributed by atoms with Crippen molar-refractivity contribution in [3.8, 4) is 5.75 Å². The molecule has 1 atom stereocenters. The Morgan fingerprint density at radius 3 is 3.00 bits per heavy atom. The predicted octanol–water partition coefficient (Wildman–Crippen LogP) is 0.926. The van der Waals surface area contributed by atoms with Crippen LogP contribution in [0.1, 0.15) is 30.3 Å². The molecule has 3 N–H and O–H groups in total. The molecule has 1 heterocycles. The van der Waals surface area contributed by atoms with Crippen molar-refractivity contribution in [2.75, 3.05) is 13.2 Å². The average molecular weight is 238 g/mol. The van der Waals surface area contributed by atoms with Gasteiger partial charge in [-0.3, -0.25) is 4.79 Å². The molecule has 0 aromatic carbocycles. The van der Waals surface area contributed by atoms with Gasteiger partial charge < -0.3 is 15.5 Å². The largest absolute Gasteiger partial charge is 0.505 e. The van der Waals surface area contributed by atoms with Crippen LogP contribution in [0.25, 0.3) is 0 Å². The molecule has 0 bridgehead atoms. The smallest absolute Gasteiger partial charge is 0.273 e. The fourth-order valence-corrected chi connectivity index (χ4v) is 1.40. The standard InChI is InChI=1S/C12H18N2O3/c1-9(8-15)4-2-7-14-12(17)11-10(16)5-3-6-13-11/h3,5-6,9,15-16H,2,4,7-8H2,1H3,(H,14,17). The number of pyridine rings is 1. The lowest BCUT2D eigenvalue weighted by molar-refractivity contribution is 0.0944. The van der Waals surface area contributed by atoms with Crippen LogP contribution in [-0.2, 0) is 0 Å². The summed E-state index contributed by atoms with van der Waals surface area (Å²) >= 11 is 0. The molecule has 1 amide bonds. The maximum absolute atomic E-state index is 11.6. The first-order valence-electron chi connectivity index (χ1n) is 5.68. The van der Waals surface area contributed by atoms with Crippen molar-refractivity contribution in [3.63, 3.8) is 0 Å². The van der Waals surface area contributed by atoms with Crippen molar-refractivity contribution in [2.24, 2.45) is 5.92 Å². The summed E-state index contributed by atoms with van der Waals surface area (Å²) in [6, 6.07) is 2.99. The van der Waals surface area contributed by atoms with Crippen LogP contribution in [0, 0.1) is 5.92 Å². The molecule has 5 heteroatoms. The number of hydrogen-bond donors (Lipinski definition) is 3. The molecule has 0 spiro atoms. The van der Waals surface area contributed by atoms with Gasteiger partial charge in [-0.25, -0.2) is 4.98 Å². The van der Waals surface area contributed by atoms with Crippen LogP contribution in [0.5, 0.6) is 5.75 Å². The van der Waals surface area contributed by atoms with E-state index in [-0.39, 0.29) is 29.9 Å². The fraction of sp³-hybridized carbons (Fsp3) is 0.500. The maximum Gasteiger partial charge on any atom is 0.273 e. The van der Waals surface area contributed by atoms with Crippen molar-refractivity contribution in [1.29, 1.82) is 0 Å². The molecule has 1 rings (SSSR count). The molecule has 0 saturated carbocycles. The molecule has 0 radical (unpaired) electrons. The number of aliphatic hydroxyl groups is 1. The van der Waals surface area contributed by atoms with Gasteiger partial charge in [-0.05, 0) is 30.9 Å². The van der Waals surface area contributed by atoms with E-state index in [0.29, 0.717) is 6.54 Å². The molecule has 94 valence electrons. The second kappa shape index (κ2) is 6.85. The van der Waals surface area contributed by atoms with Gasteiger partial charge in [-0.15, -0.1) is 0 Å². The molecule has 5 nitrogen and oxygen atoms in total. The zero-order chi connectivity index (χ0) is 12.7. The van der Waals surface area contributed by atoms with Crippen molar-refractivity contribution in [3.05, 3.63) is 24.0 Å². The van der Waals surface area contributed by atoms with E-state index in [1.807, 2.05) is 6.92 Å². The van der Waals surface area contributed by atoms with E-state index in [1.165, 1.54) is 12.3 Å². The Balaban J connectivity index is 2.33. The van der Waals surface area contributed by atoms with Crippen molar-refractivity contribution < 1.29 is 15.0 Å². The highest BCUT2D eigenvalue weighted by Crippen LogP contribution is 2.12. The topological polar surface area (TPSA) is 82.5 Å². The lowest BCUT2D eigenvalue weighted by atomic mass is 10.1. The molecule has 0 aliphatic heterocycles. The number of aromatic nitrogens is 1. The van der Waals surface area contributed by atoms with Crippen molar-refractivity contribution in [1.82, 2.24) is 10.3 Å². The zero-order valence-electron chi connectivity index (χ0n) is 9.89. The quantitative estimate of drug-likeness (QED) is 0.644. The summed E-state index contributed by atoms with van der Waals surface area (Å²) in [4.78, 5) is 15.4. The summed E-state index contributed by atoms with van der Waals surface area (Å²) < 4.78 is 0. The number of carbonyl (C=O) groups is 1. The molecule has 17 heavy (non-hydrogen) atoms. The van der Waals surface area contributed by atoms with Crippen LogP contribution in [0.15, 0.2) is 18.3 Å². The van der Waals surface area contributed by atoms with Crippen LogP contribution in [0.4, 0.5) is 0 Å². The summed E-state index contributed by atoms with van der Waals surface area (Å²) in [5, 5.41) is 20.9. The Hall–Kier alpha value is -1.62. The predicted molar refractivity (Wildman–Crippen MR) is 63.7 cm³/mol. The molecule has 0 fully saturated rings. The molecule has 1 unspecified atom stereocenters. The van der Waals surface area contributed by atoms with Gasteiger partial charge in [-0.2, -0.15) is 0 Å². The van der Waals surface area contributed by atoms with Gasteiger partial charge >= 0.3 is 0 Å². The summed E-state index contributed by atoms with van der Waals surface area (Å²) in [5.41, 5.74) is 0.0442. The number of nitrogens with zero attached hydrogens (tertiary/aromatic N) is 1. The van der Waals surface area contributed by atoms with Gasteiger partial charge in [0.05, 0.1) is 0 Å². The number of aromatic hydroxyl groups is 1. The Morgan fingerprint density at radius 2 is 2.35 bits per heavy atom. The van der Waals surface area contributed by atoms with Crippen molar-refractivity contribution >= 4 is 5.91 Å². The Bertz CT molecular complexity index is 369. The third kappa shape index (κ3) is 4.40. The highest BCUT2D eigenvalue weighted by atomic mass is 16.3. The first-order chi connectivity index (χ1) is 8.15. The van der Waals surface area contributed by atoms with Crippen LogP contribution < -0.4 is 5.32 Å². The first kappa shape index (κ1) is 13.4. The van der Waals surface area contributed by atoms with Crippen LogP contribution in [0.2, 0.25) is 0 Å².